The number of thioether (sulfide) groups is 1. The van der Waals surface area contributed by atoms with Gasteiger partial charge in [-0.05, 0) is 77.7 Å². The first kappa shape index (κ1) is 36.2. The van der Waals surface area contributed by atoms with E-state index in [4.69, 9.17) is 32.7 Å². The lowest BCUT2D eigenvalue weighted by atomic mass is 9.95. The van der Waals surface area contributed by atoms with Crippen LogP contribution >= 0.6 is 46.3 Å². The van der Waals surface area contributed by atoms with E-state index in [0.717, 1.165) is 22.3 Å². The maximum absolute atomic E-state index is 13.8. The van der Waals surface area contributed by atoms with Crippen LogP contribution in [0.15, 0.2) is 131 Å². The molecule has 8 nitrogen and oxygen atoms in total. The normalized spacial score (nSPS) is 15.2. The zero-order chi connectivity index (χ0) is 36.9. The predicted molar refractivity (Wildman–Crippen MR) is 210 cm³/mol. The molecule has 0 radical (unpaired) electrons. The van der Waals surface area contributed by atoms with Crippen molar-refractivity contribution in [2.45, 2.75) is 36.3 Å². The average Bonchev–Trinajstić information content (AvgIpc) is 3.74. The highest BCUT2D eigenvalue weighted by Crippen LogP contribution is 2.44. The van der Waals surface area contributed by atoms with Crippen molar-refractivity contribution in [2.24, 2.45) is 0 Å². The van der Waals surface area contributed by atoms with Crippen molar-refractivity contribution >= 4 is 68.9 Å². The Balaban J connectivity index is 1.18. The van der Waals surface area contributed by atoms with Gasteiger partial charge >= 0.3 is 5.91 Å². The summed E-state index contributed by atoms with van der Waals surface area (Å²) in [5.74, 6) is -0.304. The van der Waals surface area contributed by atoms with Crippen molar-refractivity contribution in [1.29, 1.82) is 0 Å². The molecule has 2 heterocycles. The molecule has 1 aliphatic heterocycles. The second-order valence-corrected chi connectivity index (χ2v) is 15.2. The Kier molecular flexibility index (Phi) is 11.1. The molecule has 5 aromatic carbocycles. The molecule has 1 atom stereocenters. The lowest BCUT2D eigenvalue weighted by molar-refractivity contribution is -0.132. The second kappa shape index (κ2) is 16.3. The number of hydrogen-bond donors (Lipinski definition) is 1. The number of carbonyl (C=O) groups is 2. The van der Waals surface area contributed by atoms with Crippen molar-refractivity contribution in [1.82, 2.24) is 10.2 Å². The van der Waals surface area contributed by atoms with E-state index in [1.807, 2.05) is 61.5 Å². The summed E-state index contributed by atoms with van der Waals surface area (Å²) in [6.45, 7) is 2.77. The van der Waals surface area contributed by atoms with Gasteiger partial charge in [-0.25, -0.2) is 0 Å². The number of benzene rings is 5. The minimum absolute atomic E-state index is 0.0706. The lowest BCUT2D eigenvalue weighted by Gasteiger charge is -2.22. The van der Waals surface area contributed by atoms with Gasteiger partial charge in [-0.3, -0.25) is 14.5 Å². The SMILES string of the molecule is Cc1cccc(COc2ccc(C(O)=C3C(=O)C(=O)N(c4nnc(SCc5ccc(Cl)cc5Cl)s4)C3c3ccc(OCc4ccccc4)cc3)cc2)c1. The Hall–Kier alpha value is -5.13. The maximum Gasteiger partial charge on any atom is 0.301 e. The molecular weight excluding hydrogens is 750 g/mol. The Bertz CT molecular complexity index is 2300. The van der Waals surface area contributed by atoms with E-state index in [2.05, 4.69) is 16.3 Å². The summed E-state index contributed by atoms with van der Waals surface area (Å²) in [5.41, 5.74) is 4.90. The fourth-order valence-electron chi connectivity index (χ4n) is 5.80. The molecular formula is C41H31Cl2N3O5S2. The molecule has 1 saturated heterocycles. The maximum atomic E-state index is 13.8. The van der Waals surface area contributed by atoms with Crippen LogP contribution in [-0.4, -0.2) is 27.0 Å². The van der Waals surface area contributed by atoms with Crippen LogP contribution in [0.25, 0.3) is 5.76 Å². The van der Waals surface area contributed by atoms with Crippen molar-refractivity contribution in [3.8, 4) is 11.5 Å². The lowest BCUT2D eigenvalue weighted by Crippen LogP contribution is -2.29. The highest BCUT2D eigenvalue weighted by Gasteiger charge is 2.48. The number of ether oxygens (including phenoxy) is 2. The van der Waals surface area contributed by atoms with Crippen LogP contribution in [0.2, 0.25) is 10.0 Å². The number of amides is 1. The molecule has 0 saturated carbocycles. The van der Waals surface area contributed by atoms with Gasteiger partial charge in [0, 0.05) is 21.4 Å². The number of aryl methyl sites for hydroxylation is 1. The summed E-state index contributed by atoms with van der Waals surface area (Å²) in [6, 6.07) is 36.0. The number of aliphatic hydroxyl groups excluding tert-OH is 1. The summed E-state index contributed by atoms with van der Waals surface area (Å²) in [6.07, 6.45) is 0. The zero-order valence-electron chi connectivity index (χ0n) is 28.2. The van der Waals surface area contributed by atoms with Crippen molar-refractivity contribution in [3.05, 3.63) is 170 Å². The Labute approximate surface area is 324 Å². The van der Waals surface area contributed by atoms with Gasteiger partial charge in [0.1, 0.15) is 30.5 Å². The molecule has 0 aliphatic carbocycles. The van der Waals surface area contributed by atoms with E-state index in [-0.39, 0.29) is 16.5 Å². The third-order valence-corrected chi connectivity index (χ3v) is 11.2. The number of halogens is 2. The van der Waals surface area contributed by atoms with E-state index >= 15 is 0 Å². The molecule has 1 fully saturated rings. The van der Waals surface area contributed by atoms with Crippen LogP contribution in [0.4, 0.5) is 5.13 Å². The monoisotopic (exact) mass is 779 g/mol. The minimum Gasteiger partial charge on any atom is -0.507 e. The first-order chi connectivity index (χ1) is 25.7. The van der Waals surface area contributed by atoms with Gasteiger partial charge in [-0.2, -0.15) is 0 Å². The summed E-state index contributed by atoms with van der Waals surface area (Å²) in [7, 11) is 0. The Morgan fingerprint density at radius 3 is 2.19 bits per heavy atom. The molecule has 0 bridgehead atoms. The van der Waals surface area contributed by atoms with Gasteiger partial charge in [0.05, 0.1) is 11.6 Å². The molecule has 1 amide bonds. The van der Waals surface area contributed by atoms with Crippen molar-refractivity contribution < 1.29 is 24.2 Å². The molecule has 1 aliphatic rings. The van der Waals surface area contributed by atoms with Crippen LogP contribution in [0, 0.1) is 6.92 Å². The fourth-order valence-corrected chi connectivity index (χ4v) is 8.23. The number of rotatable bonds is 12. The minimum atomic E-state index is -0.994. The Morgan fingerprint density at radius 2 is 1.49 bits per heavy atom. The first-order valence-electron chi connectivity index (χ1n) is 16.5. The van der Waals surface area contributed by atoms with Crippen LogP contribution in [-0.2, 0) is 28.6 Å². The quantitative estimate of drug-likeness (QED) is 0.0431. The molecule has 266 valence electrons. The van der Waals surface area contributed by atoms with Crippen LogP contribution in [0.5, 0.6) is 11.5 Å². The highest BCUT2D eigenvalue weighted by molar-refractivity contribution is 8.00. The molecule has 53 heavy (non-hydrogen) atoms. The zero-order valence-corrected chi connectivity index (χ0v) is 31.4. The standard InChI is InChI=1S/C41H31Cl2N3O5S2/c1-25-6-5-9-27(20-25)23-51-33-18-13-29(14-19-33)37(47)35-36(28-11-16-32(17-12-28)50-22-26-7-3-2-4-8-26)46(39(49)38(35)48)40-44-45-41(53-40)52-24-30-10-15-31(42)21-34(30)43/h2-21,36,47H,22-24H2,1H3. The number of ketones is 1. The van der Waals surface area contributed by atoms with E-state index in [9.17, 15) is 14.7 Å². The number of anilines is 1. The number of aromatic nitrogens is 2. The summed E-state index contributed by atoms with van der Waals surface area (Å²) < 4.78 is 12.5. The molecule has 1 unspecified atom stereocenters. The van der Waals surface area contributed by atoms with Crippen molar-refractivity contribution in [3.63, 3.8) is 0 Å². The second-order valence-electron chi connectivity index (χ2n) is 12.2. The number of hydrogen-bond acceptors (Lipinski definition) is 9. The van der Waals surface area contributed by atoms with Gasteiger partial charge in [0.25, 0.3) is 5.78 Å². The van der Waals surface area contributed by atoms with Gasteiger partial charge in [0.2, 0.25) is 5.13 Å². The smallest absolute Gasteiger partial charge is 0.301 e. The van der Waals surface area contributed by atoms with Gasteiger partial charge in [-0.15, -0.1) is 10.2 Å². The molecule has 7 rings (SSSR count). The number of Topliss-reactive ketones (excluding diaryl/α,β-unsaturated/α-hetero) is 1. The summed E-state index contributed by atoms with van der Waals surface area (Å²) in [5, 5.41) is 21.6. The van der Waals surface area contributed by atoms with Crippen LogP contribution in [0.1, 0.15) is 39.4 Å². The molecule has 1 N–H and O–H groups in total. The van der Waals surface area contributed by atoms with E-state index in [1.54, 1.807) is 60.7 Å². The third kappa shape index (κ3) is 8.42. The Morgan fingerprint density at radius 1 is 0.811 bits per heavy atom. The average molecular weight is 781 g/mol. The van der Waals surface area contributed by atoms with Gasteiger partial charge < -0.3 is 14.6 Å². The fraction of sp³-hybridized carbons (Fsp3) is 0.122. The van der Waals surface area contributed by atoms with Crippen molar-refractivity contribution in [2.75, 3.05) is 4.90 Å². The molecule has 0 spiro atoms. The highest BCUT2D eigenvalue weighted by atomic mass is 35.5. The predicted octanol–water partition coefficient (Wildman–Crippen LogP) is 10.2. The number of carbonyl (C=O) groups excluding carboxylic acids is 2. The summed E-state index contributed by atoms with van der Waals surface area (Å²) >= 11 is 15.0. The largest absolute Gasteiger partial charge is 0.507 e. The van der Waals surface area contributed by atoms with Gasteiger partial charge in [0.15, 0.2) is 4.34 Å². The number of nitrogens with zero attached hydrogens (tertiary/aromatic N) is 3. The molecule has 1 aromatic heterocycles. The van der Waals surface area contributed by atoms with Gasteiger partial charge in [-0.1, -0.05) is 125 Å². The summed E-state index contributed by atoms with van der Waals surface area (Å²) in [4.78, 5) is 28.9. The topological polar surface area (TPSA) is 102 Å². The van der Waals surface area contributed by atoms with E-state index < -0.39 is 17.7 Å². The van der Waals surface area contributed by atoms with Crippen LogP contribution in [0.3, 0.4) is 0 Å². The van der Waals surface area contributed by atoms with Crippen LogP contribution < -0.4 is 14.4 Å². The van der Waals surface area contributed by atoms with E-state index in [1.165, 1.54) is 28.0 Å². The first-order valence-corrected chi connectivity index (χ1v) is 19.1. The molecule has 12 heteroatoms. The molecule has 6 aromatic rings. The van der Waals surface area contributed by atoms with E-state index in [0.29, 0.717) is 56.0 Å². The third-order valence-electron chi connectivity index (χ3n) is 8.47. The number of aliphatic hydroxyl groups is 1.